The van der Waals surface area contributed by atoms with Gasteiger partial charge in [-0.3, -0.25) is 4.79 Å². The van der Waals surface area contributed by atoms with Gasteiger partial charge in [-0.1, -0.05) is 44.4 Å². The molecule has 0 spiro atoms. The van der Waals surface area contributed by atoms with Gasteiger partial charge in [-0.05, 0) is 42.8 Å². The highest BCUT2D eigenvalue weighted by Gasteiger charge is 2.02. The van der Waals surface area contributed by atoms with Crippen LogP contribution in [-0.4, -0.2) is 5.91 Å². The zero-order valence-electron chi connectivity index (χ0n) is 13.5. The van der Waals surface area contributed by atoms with Crippen LogP contribution >= 0.6 is 0 Å². The summed E-state index contributed by atoms with van der Waals surface area (Å²) in [6.45, 7) is 2.16. The third-order valence-electron chi connectivity index (χ3n) is 3.45. The predicted octanol–water partition coefficient (Wildman–Crippen LogP) is 6.01. The van der Waals surface area contributed by atoms with E-state index < -0.39 is 0 Å². The van der Waals surface area contributed by atoms with E-state index in [4.69, 9.17) is 0 Å². The second-order valence-electron chi connectivity index (χ2n) is 5.44. The Morgan fingerprint density at radius 2 is 1.52 bits per heavy atom. The van der Waals surface area contributed by atoms with Crippen molar-refractivity contribution in [2.24, 2.45) is 10.2 Å². The lowest BCUT2D eigenvalue weighted by molar-refractivity contribution is -0.116. The topological polar surface area (TPSA) is 53.8 Å². The summed E-state index contributed by atoms with van der Waals surface area (Å²) in [5.41, 5.74) is 2.37. The number of hydrogen-bond acceptors (Lipinski definition) is 3. The van der Waals surface area contributed by atoms with Crippen molar-refractivity contribution in [1.82, 2.24) is 0 Å². The fraction of sp³-hybridized carbons (Fsp3) is 0.316. The van der Waals surface area contributed by atoms with Crippen LogP contribution < -0.4 is 5.32 Å². The van der Waals surface area contributed by atoms with Gasteiger partial charge in [-0.2, -0.15) is 10.2 Å². The number of nitrogens with one attached hydrogen (secondary N) is 1. The lowest BCUT2D eigenvalue weighted by Crippen LogP contribution is -2.10. The number of amides is 1. The quantitative estimate of drug-likeness (QED) is 0.471. The van der Waals surface area contributed by atoms with E-state index in [0.29, 0.717) is 6.42 Å². The summed E-state index contributed by atoms with van der Waals surface area (Å²) in [4.78, 5) is 11.8. The van der Waals surface area contributed by atoms with Crippen molar-refractivity contribution in [2.75, 3.05) is 5.32 Å². The maximum Gasteiger partial charge on any atom is 0.224 e. The number of nitrogens with zero attached hydrogens (tertiary/aromatic N) is 2. The number of rotatable bonds is 8. The van der Waals surface area contributed by atoms with Gasteiger partial charge in [-0.15, -0.1) is 0 Å². The van der Waals surface area contributed by atoms with Gasteiger partial charge in [0.15, 0.2) is 0 Å². The Bertz CT molecular complexity index is 621. The summed E-state index contributed by atoms with van der Waals surface area (Å²) >= 11 is 0. The van der Waals surface area contributed by atoms with Crippen LogP contribution in [-0.2, 0) is 4.79 Å². The number of carbonyl (C=O) groups is 1. The van der Waals surface area contributed by atoms with Gasteiger partial charge in [0.25, 0.3) is 0 Å². The first-order valence-corrected chi connectivity index (χ1v) is 8.14. The second kappa shape index (κ2) is 9.51. The van der Waals surface area contributed by atoms with Gasteiger partial charge in [0, 0.05) is 12.1 Å². The number of azo groups is 1. The van der Waals surface area contributed by atoms with Gasteiger partial charge in [0.2, 0.25) is 5.91 Å². The summed E-state index contributed by atoms with van der Waals surface area (Å²) in [5.74, 6) is 0.0692. The molecule has 23 heavy (non-hydrogen) atoms. The number of hydrogen-bond donors (Lipinski definition) is 1. The van der Waals surface area contributed by atoms with Gasteiger partial charge in [0.1, 0.15) is 0 Å². The zero-order chi connectivity index (χ0) is 16.3. The first-order valence-electron chi connectivity index (χ1n) is 8.14. The van der Waals surface area contributed by atoms with E-state index in [0.717, 1.165) is 29.9 Å². The van der Waals surface area contributed by atoms with Crippen molar-refractivity contribution in [3.63, 3.8) is 0 Å². The molecule has 120 valence electrons. The summed E-state index contributed by atoms with van der Waals surface area (Å²) < 4.78 is 0. The SMILES string of the molecule is CCCCCCC(=O)Nc1ccc(N=Nc2ccccc2)cc1. The van der Waals surface area contributed by atoms with Crippen molar-refractivity contribution in [1.29, 1.82) is 0 Å². The van der Waals surface area contributed by atoms with Crippen LogP contribution in [0, 0.1) is 0 Å². The fourth-order valence-electron chi connectivity index (χ4n) is 2.16. The Morgan fingerprint density at radius 1 is 0.870 bits per heavy atom. The normalized spacial score (nSPS) is 10.8. The minimum atomic E-state index is 0.0692. The van der Waals surface area contributed by atoms with Crippen molar-refractivity contribution in [3.8, 4) is 0 Å². The highest BCUT2D eigenvalue weighted by molar-refractivity contribution is 5.90. The third-order valence-corrected chi connectivity index (χ3v) is 3.45. The van der Waals surface area contributed by atoms with Crippen LogP contribution in [0.15, 0.2) is 64.8 Å². The van der Waals surface area contributed by atoms with E-state index in [9.17, 15) is 4.79 Å². The molecule has 0 aliphatic rings. The molecular formula is C19H23N3O. The lowest BCUT2D eigenvalue weighted by Gasteiger charge is -2.05. The Balaban J connectivity index is 1.82. The van der Waals surface area contributed by atoms with Gasteiger partial charge >= 0.3 is 0 Å². The Hall–Kier alpha value is -2.49. The maximum absolute atomic E-state index is 11.8. The summed E-state index contributed by atoms with van der Waals surface area (Å²) in [5, 5.41) is 11.3. The van der Waals surface area contributed by atoms with E-state index in [-0.39, 0.29) is 5.91 Å². The van der Waals surface area contributed by atoms with Crippen molar-refractivity contribution >= 4 is 23.0 Å². The molecule has 0 saturated heterocycles. The molecule has 0 fully saturated rings. The molecule has 0 saturated carbocycles. The van der Waals surface area contributed by atoms with Gasteiger partial charge in [-0.25, -0.2) is 0 Å². The van der Waals surface area contributed by atoms with E-state index >= 15 is 0 Å². The van der Waals surface area contributed by atoms with E-state index in [1.807, 2.05) is 54.6 Å². The molecule has 1 amide bonds. The van der Waals surface area contributed by atoms with Crippen LogP contribution in [0.2, 0.25) is 0 Å². The van der Waals surface area contributed by atoms with Crippen molar-refractivity contribution in [3.05, 3.63) is 54.6 Å². The molecule has 0 unspecified atom stereocenters. The average Bonchev–Trinajstić information content (AvgIpc) is 2.59. The Labute approximate surface area is 137 Å². The minimum absolute atomic E-state index is 0.0692. The van der Waals surface area contributed by atoms with Crippen molar-refractivity contribution in [2.45, 2.75) is 39.0 Å². The highest BCUT2D eigenvalue weighted by Crippen LogP contribution is 2.20. The van der Waals surface area contributed by atoms with Crippen LogP contribution in [0.25, 0.3) is 0 Å². The smallest absolute Gasteiger partial charge is 0.224 e. The number of anilines is 1. The first-order chi connectivity index (χ1) is 11.3. The molecule has 0 heterocycles. The zero-order valence-corrected chi connectivity index (χ0v) is 13.5. The molecule has 0 aliphatic heterocycles. The first kappa shape index (κ1) is 16.9. The standard InChI is InChI=1S/C19H23N3O/c1-2-3-4-8-11-19(23)20-16-12-14-18(15-13-16)22-21-17-9-6-5-7-10-17/h5-7,9-10,12-15H,2-4,8,11H2,1H3,(H,20,23). The minimum Gasteiger partial charge on any atom is -0.326 e. The van der Waals surface area contributed by atoms with E-state index in [2.05, 4.69) is 22.5 Å². The highest BCUT2D eigenvalue weighted by atomic mass is 16.1. The van der Waals surface area contributed by atoms with E-state index in [1.54, 1.807) is 0 Å². The molecule has 2 rings (SSSR count). The molecule has 0 bridgehead atoms. The van der Waals surface area contributed by atoms with Crippen LogP contribution in [0.1, 0.15) is 39.0 Å². The molecule has 0 atom stereocenters. The lowest BCUT2D eigenvalue weighted by atomic mass is 10.1. The molecule has 4 nitrogen and oxygen atoms in total. The summed E-state index contributed by atoms with van der Waals surface area (Å²) in [6.07, 6.45) is 5.01. The number of benzene rings is 2. The molecule has 2 aromatic rings. The molecule has 0 aromatic heterocycles. The molecule has 0 aliphatic carbocycles. The third kappa shape index (κ3) is 6.43. The predicted molar refractivity (Wildman–Crippen MR) is 94.4 cm³/mol. The molecular weight excluding hydrogens is 286 g/mol. The van der Waals surface area contributed by atoms with Crippen LogP contribution in [0.3, 0.4) is 0 Å². The Kier molecular flexibility index (Phi) is 6.98. The Morgan fingerprint density at radius 3 is 2.17 bits per heavy atom. The monoisotopic (exact) mass is 309 g/mol. The average molecular weight is 309 g/mol. The maximum atomic E-state index is 11.8. The molecule has 4 heteroatoms. The molecule has 0 radical (unpaired) electrons. The van der Waals surface area contributed by atoms with Crippen LogP contribution in [0.5, 0.6) is 0 Å². The van der Waals surface area contributed by atoms with Gasteiger partial charge in [0.05, 0.1) is 11.4 Å². The number of carbonyl (C=O) groups excluding carboxylic acids is 1. The molecule has 2 aromatic carbocycles. The van der Waals surface area contributed by atoms with Gasteiger partial charge < -0.3 is 5.32 Å². The fourth-order valence-corrected chi connectivity index (χ4v) is 2.16. The molecule has 1 N–H and O–H groups in total. The second-order valence-corrected chi connectivity index (χ2v) is 5.44. The van der Waals surface area contributed by atoms with Crippen molar-refractivity contribution < 1.29 is 4.79 Å². The largest absolute Gasteiger partial charge is 0.326 e. The summed E-state index contributed by atoms with van der Waals surface area (Å²) in [7, 11) is 0. The summed E-state index contributed by atoms with van der Waals surface area (Å²) in [6, 6.07) is 17.0. The van der Waals surface area contributed by atoms with Crippen LogP contribution in [0.4, 0.5) is 17.1 Å². The van der Waals surface area contributed by atoms with E-state index in [1.165, 1.54) is 12.8 Å². The number of unbranched alkanes of at least 4 members (excludes halogenated alkanes) is 3.